The standard InChI is InChI=1S/C36H24Cl4S3.C24BF20.C19H9Cl6.C17H19ClNO.F6P/c37-25-1-13-31(14-2-25)42(32-15-3-26(38)4-16-32)35-21-9-29(10-22-35)41-30-11-23-36(24-12-30)43(33-17-5-27(39)6-18-33)34-19-7-28(40)8-20-34;26-5-1(6(27)14(35)21(42)13(5)34)25(2-7(28)15(36)22(43)16(37)8(2)29,3-9(30)17(38)23(44)18(39)10(3)31)4-11(32)19(40)24(45)20(41)12(4)33;20-10-1-4-13(16(23)7-10)19(14-5-2-11(21)8-17(14)24)15-6-3-12(22)9-18(15)25;1-19(2,3)12-13-4-6-14(7-5-13)17(20)15-8-10-16(18)11-9-15;1-7(2,3,4,5)6/h1-24H;;1-9H;4-11H,12H2,1-3H3;/q+2;-1;2*+1;-1. The third kappa shape index (κ3) is 26.3. The summed E-state index contributed by atoms with van der Waals surface area (Å²) in [5.41, 5.74) is -8.72. The molecule has 0 N–H and O–H groups in total. The molecule has 14 aromatic carbocycles. The van der Waals surface area contributed by atoms with Crippen molar-refractivity contribution in [2.75, 3.05) is 21.1 Å². The van der Waals surface area contributed by atoms with Crippen molar-refractivity contribution < 1.29 is 122 Å². The first-order valence-electron chi connectivity index (χ1n) is 38.9. The molecule has 0 heterocycles. The molecule has 0 aromatic heterocycles. The van der Waals surface area contributed by atoms with Crippen LogP contribution in [-0.4, -0.2) is 37.6 Å². The molecule has 0 fully saturated rings. The van der Waals surface area contributed by atoms with E-state index in [-0.39, 0.29) is 27.6 Å². The Kier molecular flexibility index (Phi) is 35.3. The number of quaternary nitrogens is 1. The van der Waals surface area contributed by atoms with Gasteiger partial charge in [-0.1, -0.05) is 140 Å². The molecule has 0 saturated carbocycles. The molecule has 0 aliphatic heterocycles. The molecule has 14 aromatic rings. The van der Waals surface area contributed by atoms with Crippen molar-refractivity contribution in [3.63, 3.8) is 0 Å². The zero-order valence-electron chi connectivity index (χ0n) is 70.0. The van der Waals surface area contributed by atoms with Crippen molar-refractivity contribution in [2.24, 2.45) is 0 Å². The molecule has 140 heavy (non-hydrogen) atoms. The molecule has 0 radical (unpaired) electrons. The van der Waals surface area contributed by atoms with Crippen molar-refractivity contribution in [1.82, 2.24) is 0 Å². The van der Waals surface area contributed by atoms with E-state index in [9.17, 15) is 82.7 Å². The minimum absolute atomic E-state index is 0.0264. The van der Waals surface area contributed by atoms with E-state index < -0.39 is 152 Å². The molecule has 44 heteroatoms. The van der Waals surface area contributed by atoms with Gasteiger partial charge in [0.25, 0.3) is 0 Å². The number of hydrogen-bond donors (Lipinski definition) is 0. The Morgan fingerprint density at radius 2 is 0.536 bits per heavy atom. The van der Waals surface area contributed by atoms with Crippen LogP contribution in [0.25, 0.3) is 5.57 Å². The second kappa shape index (κ2) is 44.5. The fraction of sp³-hybridized carbons (Fsp3) is 0.0417. The molecule has 1 aliphatic carbocycles. The molecule has 0 amide bonds. The summed E-state index contributed by atoms with van der Waals surface area (Å²) in [5, 5.41) is 6.64. The van der Waals surface area contributed by atoms with Gasteiger partial charge in [-0.05, 0) is 229 Å². The molecule has 0 bridgehead atoms. The van der Waals surface area contributed by atoms with E-state index in [4.69, 9.17) is 128 Å². The van der Waals surface area contributed by atoms with Crippen molar-refractivity contribution in [2.45, 2.75) is 45.7 Å². The van der Waals surface area contributed by atoms with Crippen LogP contribution >= 0.6 is 147 Å². The Hall–Kier alpha value is -9.29. The van der Waals surface area contributed by atoms with E-state index in [0.29, 0.717) is 46.6 Å². The Balaban J connectivity index is 0.000000182. The number of ketones is 1. The quantitative estimate of drug-likeness (QED) is 0.00980. The Labute approximate surface area is 844 Å². The van der Waals surface area contributed by atoms with Gasteiger partial charge in [-0.15, -0.1) is 21.9 Å². The van der Waals surface area contributed by atoms with Crippen molar-refractivity contribution in [3.8, 4) is 0 Å². The van der Waals surface area contributed by atoms with E-state index in [0.717, 1.165) is 53.4 Å². The molecular formula is C96H52BCl11F26NOPS3+2. The number of halogens is 37. The maximum Gasteiger partial charge on any atom is 0.200 e. The molecule has 1 aliphatic rings. The molecule has 0 atom stereocenters. The largest absolute Gasteiger partial charge is 0.207 e. The third-order valence-corrected chi connectivity index (χ3v) is 28.2. The predicted octanol–water partition coefficient (Wildman–Crippen LogP) is 34.2. The van der Waals surface area contributed by atoms with Crippen LogP contribution in [-0.2, 0) is 28.3 Å². The number of hydrogen-bond acceptors (Lipinski definition) is 2. The summed E-state index contributed by atoms with van der Waals surface area (Å²) >= 11 is 69.8. The minimum atomic E-state index is -10.7. The summed E-state index contributed by atoms with van der Waals surface area (Å²) in [5.74, 6) is -71.4. The summed E-state index contributed by atoms with van der Waals surface area (Å²) in [6, 6.07) is 75.5. The van der Waals surface area contributed by atoms with Crippen molar-refractivity contribution >= 4 is 208 Å². The number of rotatable bonds is 18. The molecule has 0 unspecified atom stereocenters. The van der Waals surface area contributed by atoms with E-state index in [1.165, 1.54) is 44.7 Å². The number of nitrogens with zero attached hydrogens (tertiary/aromatic N) is 1. The first-order valence-corrected chi connectivity index (χ1v) is 48.4. The monoisotopic (exact) mass is 2250 g/mol. The van der Waals surface area contributed by atoms with Crippen molar-refractivity contribution in [3.05, 3.63) is 454 Å². The SMILES string of the molecule is C[N+](C)(C)Cc1ccc(C(=O)c2ccc(Cl)cc2)cc1.ClC1=C[C+](Cl)C(=C(c2ccc(Cl)cc2Cl)c2ccc(Cl)cc2Cl)C=C1.Clc1ccc([S+](c2ccc(Cl)cc2)c2ccc(Sc3ccc([S+](c4ccc(Cl)cc4)c4ccc(Cl)cc4)cc3)cc2)cc1.F[P-](F)(F)(F)(F)F.Fc1c(F)c(F)c([B-](c2c(F)c(F)c(F)c(F)c2F)(c2c(F)c(F)c(F)c(F)c2F)c2c(F)c(F)c(F)c(F)c2F)c(F)c1F. The second-order valence-electron chi connectivity index (χ2n) is 30.5. The maximum atomic E-state index is 15.4. The Bertz CT molecular complexity index is 6480. The summed E-state index contributed by atoms with van der Waals surface area (Å²) in [6.07, 6.45) is -1.95. The molecule has 15 rings (SSSR count). The topological polar surface area (TPSA) is 17.1 Å². The first-order chi connectivity index (χ1) is 65.3. The average molecular weight is 2260 g/mol. The van der Waals surface area contributed by atoms with Gasteiger partial charge in [-0.25, -0.2) is 87.8 Å². The van der Waals surface area contributed by atoms with Crippen molar-refractivity contribution in [1.29, 1.82) is 0 Å². The van der Waals surface area contributed by atoms with Crippen LogP contribution < -0.4 is 21.9 Å². The van der Waals surface area contributed by atoms with E-state index in [1.54, 1.807) is 72.4 Å². The van der Waals surface area contributed by atoms with Crippen LogP contribution in [0.2, 0.25) is 45.2 Å². The van der Waals surface area contributed by atoms with E-state index in [2.05, 4.69) is 118 Å². The average Bonchev–Trinajstić information content (AvgIpc) is 0.677. The van der Waals surface area contributed by atoms with Gasteiger partial charge in [0.2, 0.25) is 0 Å². The summed E-state index contributed by atoms with van der Waals surface area (Å²) in [4.78, 5) is 22.0. The van der Waals surface area contributed by atoms with Gasteiger partial charge >= 0.3 is 33.0 Å². The molecule has 2 nitrogen and oxygen atoms in total. The van der Waals surface area contributed by atoms with Gasteiger partial charge in [0.1, 0.15) is 75.2 Å². The van der Waals surface area contributed by atoms with Crippen LogP contribution in [0.1, 0.15) is 32.6 Å². The number of carbonyl (C=O) groups is 1. The zero-order chi connectivity index (χ0) is 103. The Morgan fingerprint density at radius 1 is 0.314 bits per heavy atom. The van der Waals surface area contributed by atoms with Gasteiger partial charge in [0.05, 0.1) is 64.6 Å². The van der Waals surface area contributed by atoms with Gasteiger partial charge in [0.15, 0.2) is 105 Å². The minimum Gasteiger partial charge on any atom is -0.207 e. The second-order valence-corrected chi connectivity index (χ2v) is 42.3. The van der Waals surface area contributed by atoms with Crippen LogP contribution in [0.3, 0.4) is 0 Å². The summed E-state index contributed by atoms with van der Waals surface area (Å²) in [7, 11) is -4.77. The van der Waals surface area contributed by atoms with Crippen LogP contribution in [0.15, 0.2) is 299 Å². The number of carbonyl (C=O) groups excluding carboxylic acids is 1. The molecular weight excluding hydrogens is 2200 g/mol. The first kappa shape index (κ1) is 111. The molecule has 730 valence electrons. The summed E-state index contributed by atoms with van der Waals surface area (Å²) in [6.45, 7) is 0.940. The fourth-order valence-electron chi connectivity index (χ4n) is 14.0. The smallest absolute Gasteiger partial charge is 0.200 e. The van der Waals surface area contributed by atoms with Crippen LogP contribution in [0.5, 0.6) is 0 Å². The predicted molar refractivity (Wildman–Crippen MR) is 504 cm³/mol. The number of allylic oxidation sites excluding steroid dienone is 5. The zero-order valence-corrected chi connectivity index (χ0v) is 81.6. The van der Waals surface area contributed by atoms with E-state index in [1.807, 2.05) is 91.0 Å². The Morgan fingerprint density at radius 3 is 0.771 bits per heavy atom. The normalized spacial score (nSPS) is 12.6. The van der Waals surface area contributed by atoms with Crippen LogP contribution in [0, 0.1) is 122 Å². The van der Waals surface area contributed by atoms with Gasteiger partial charge in [-0.3, -0.25) is 4.79 Å². The molecule has 0 saturated heterocycles. The molecule has 0 spiro atoms. The third-order valence-electron chi connectivity index (χ3n) is 19.8. The fourth-order valence-corrected chi connectivity index (χ4v) is 21.0. The van der Waals surface area contributed by atoms with Crippen LogP contribution in [0.4, 0.5) is 113 Å². The summed E-state index contributed by atoms with van der Waals surface area (Å²) < 4.78 is 354. The van der Waals surface area contributed by atoms with Gasteiger partial charge < -0.3 is 4.48 Å². The maximum absolute atomic E-state index is 15.4. The van der Waals surface area contributed by atoms with Gasteiger partial charge in [0, 0.05) is 84.9 Å². The van der Waals surface area contributed by atoms with Gasteiger partial charge in [-0.2, -0.15) is 0 Å². The number of benzene rings is 14. The van der Waals surface area contributed by atoms with E-state index >= 15 is 35.1 Å².